The SMILES string of the molecule is CCc1ccc(OCC#N)c(S(=O)(=O)Cl)c1. The van der Waals surface area contributed by atoms with E-state index in [0.29, 0.717) is 6.42 Å². The Hall–Kier alpha value is -1.25. The summed E-state index contributed by atoms with van der Waals surface area (Å²) in [4.78, 5) is -0.0937. The van der Waals surface area contributed by atoms with Gasteiger partial charge in [0.25, 0.3) is 9.05 Å². The zero-order valence-corrected chi connectivity index (χ0v) is 10.2. The second-order valence-electron chi connectivity index (χ2n) is 3.02. The molecule has 0 N–H and O–H groups in total. The molecule has 0 aliphatic carbocycles. The van der Waals surface area contributed by atoms with E-state index in [1.165, 1.54) is 12.1 Å². The predicted octanol–water partition coefficient (Wildman–Crippen LogP) is 2.08. The number of halogens is 1. The molecule has 0 aromatic heterocycles. The number of rotatable bonds is 4. The molecule has 0 saturated heterocycles. The van der Waals surface area contributed by atoms with Crippen molar-refractivity contribution in [1.29, 1.82) is 5.26 Å². The van der Waals surface area contributed by atoms with Crippen molar-refractivity contribution >= 4 is 19.7 Å². The molecule has 0 saturated carbocycles. The first kappa shape index (κ1) is 12.8. The molecule has 0 amide bonds. The first-order valence-corrected chi connectivity index (χ1v) is 6.87. The standard InChI is InChI=1S/C10H10ClNO3S/c1-2-8-3-4-9(15-6-5-12)10(7-8)16(11,13)14/h3-4,7H,2,6H2,1H3. The van der Waals surface area contributed by atoms with Crippen molar-refractivity contribution in [3.05, 3.63) is 23.8 Å². The predicted molar refractivity (Wildman–Crippen MR) is 60.0 cm³/mol. The van der Waals surface area contributed by atoms with Crippen molar-refractivity contribution in [2.75, 3.05) is 6.61 Å². The van der Waals surface area contributed by atoms with E-state index in [2.05, 4.69) is 0 Å². The monoisotopic (exact) mass is 259 g/mol. The number of hydrogen-bond donors (Lipinski definition) is 0. The molecule has 0 bridgehead atoms. The van der Waals surface area contributed by atoms with E-state index < -0.39 is 9.05 Å². The molecule has 0 spiro atoms. The summed E-state index contributed by atoms with van der Waals surface area (Å²) in [5, 5.41) is 8.36. The lowest BCUT2D eigenvalue weighted by molar-refractivity contribution is 0.358. The van der Waals surface area contributed by atoms with Gasteiger partial charge in [-0.25, -0.2) is 8.42 Å². The van der Waals surface area contributed by atoms with Gasteiger partial charge in [0, 0.05) is 10.7 Å². The Labute approximate surface area is 98.8 Å². The van der Waals surface area contributed by atoms with Crippen molar-refractivity contribution in [3.8, 4) is 11.8 Å². The molecule has 0 fully saturated rings. The Morgan fingerprint density at radius 2 is 2.19 bits per heavy atom. The zero-order chi connectivity index (χ0) is 12.2. The molecule has 1 aromatic rings. The molecule has 16 heavy (non-hydrogen) atoms. The minimum absolute atomic E-state index is 0.0937. The second-order valence-corrected chi connectivity index (χ2v) is 5.55. The average Bonchev–Trinajstić information content (AvgIpc) is 2.25. The van der Waals surface area contributed by atoms with Crippen LogP contribution in [0.5, 0.6) is 5.75 Å². The van der Waals surface area contributed by atoms with Crippen LogP contribution in [0.4, 0.5) is 0 Å². The summed E-state index contributed by atoms with van der Waals surface area (Å²) < 4.78 is 27.6. The number of nitrogens with zero attached hydrogens (tertiary/aromatic N) is 1. The highest BCUT2D eigenvalue weighted by Gasteiger charge is 2.17. The van der Waals surface area contributed by atoms with Crippen LogP contribution in [0.3, 0.4) is 0 Å². The third-order valence-corrected chi connectivity index (χ3v) is 3.31. The third kappa shape index (κ3) is 3.12. The van der Waals surface area contributed by atoms with Crippen LogP contribution < -0.4 is 4.74 Å². The molecular formula is C10H10ClNO3S. The largest absolute Gasteiger partial charge is 0.477 e. The Bertz CT molecular complexity index is 519. The van der Waals surface area contributed by atoms with Gasteiger partial charge in [-0.05, 0) is 24.1 Å². The van der Waals surface area contributed by atoms with Crippen LogP contribution >= 0.6 is 10.7 Å². The highest BCUT2D eigenvalue weighted by molar-refractivity contribution is 8.13. The molecule has 0 atom stereocenters. The summed E-state index contributed by atoms with van der Waals surface area (Å²) in [5.74, 6) is 0.105. The fourth-order valence-electron chi connectivity index (χ4n) is 1.19. The molecule has 6 heteroatoms. The minimum Gasteiger partial charge on any atom is -0.477 e. The van der Waals surface area contributed by atoms with Gasteiger partial charge in [-0.2, -0.15) is 5.26 Å². The molecule has 86 valence electrons. The number of benzene rings is 1. The van der Waals surface area contributed by atoms with Crippen LogP contribution in [0.2, 0.25) is 0 Å². The molecule has 4 nitrogen and oxygen atoms in total. The lowest BCUT2D eigenvalue weighted by Gasteiger charge is -2.08. The highest BCUT2D eigenvalue weighted by atomic mass is 35.7. The zero-order valence-electron chi connectivity index (χ0n) is 8.60. The summed E-state index contributed by atoms with van der Waals surface area (Å²) in [7, 11) is 1.42. The van der Waals surface area contributed by atoms with Crippen LogP contribution in [0.1, 0.15) is 12.5 Å². The molecular weight excluding hydrogens is 250 g/mol. The highest BCUT2D eigenvalue weighted by Crippen LogP contribution is 2.28. The number of hydrogen-bond acceptors (Lipinski definition) is 4. The van der Waals surface area contributed by atoms with Crippen molar-refractivity contribution in [3.63, 3.8) is 0 Å². The van der Waals surface area contributed by atoms with E-state index in [4.69, 9.17) is 20.7 Å². The second kappa shape index (κ2) is 5.19. The number of ether oxygens (including phenoxy) is 1. The molecule has 1 aromatic carbocycles. The Morgan fingerprint density at radius 1 is 1.50 bits per heavy atom. The lowest BCUT2D eigenvalue weighted by atomic mass is 10.2. The lowest BCUT2D eigenvalue weighted by Crippen LogP contribution is -2.01. The summed E-state index contributed by atoms with van der Waals surface area (Å²) in [6, 6.07) is 6.46. The van der Waals surface area contributed by atoms with Crippen LogP contribution in [0.25, 0.3) is 0 Å². The first-order valence-electron chi connectivity index (χ1n) is 4.56. The van der Waals surface area contributed by atoms with E-state index >= 15 is 0 Å². The third-order valence-electron chi connectivity index (χ3n) is 1.97. The molecule has 0 unspecified atom stereocenters. The fourth-order valence-corrected chi connectivity index (χ4v) is 2.21. The molecule has 0 radical (unpaired) electrons. The van der Waals surface area contributed by atoms with Gasteiger partial charge in [0.15, 0.2) is 6.61 Å². The van der Waals surface area contributed by atoms with E-state index in [1.54, 1.807) is 12.1 Å². The van der Waals surface area contributed by atoms with Gasteiger partial charge in [-0.3, -0.25) is 0 Å². The van der Waals surface area contributed by atoms with E-state index in [0.717, 1.165) is 5.56 Å². The van der Waals surface area contributed by atoms with Gasteiger partial charge in [0.05, 0.1) is 0 Å². The van der Waals surface area contributed by atoms with Crippen LogP contribution in [-0.2, 0) is 15.5 Å². The maximum absolute atomic E-state index is 11.3. The Kier molecular flexibility index (Phi) is 4.16. The van der Waals surface area contributed by atoms with Gasteiger partial charge in [0.1, 0.15) is 16.7 Å². The topological polar surface area (TPSA) is 67.2 Å². The van der Waals surface area contributed by atoms with Gasteiger partial charge in [0.2, 0.25) is 0 Å². The van der Waals surface area contributed by atoms with Crippen molar-refractivity contribution in [1.82, 2.24) is 0 Å². The van der Waals surface area contributed by atoms with Gasteiger partial charge >= 0.3 is 0 Å². The van der Waals surface area contributed by atoms with E-state index in [9.17, 15) is 8.42 Å². The van der Waals surface area contributed by atoms with Crippen molar-refractivity contribution < 1.29 is 13.2 Å². The van der Waals surface area contributed by atoms with Crippen LogP contribution in [0, 0.1) is 11.3 Å². The Morgan fingerprint density at radius 3 is 2.69 bits per heavy atom. The number of aryl methyl sites for hydroxylation is 1. The summed E-state index contributed by atoms with van der Waals surface area (Å²) in [6.07, 6.45) is 0.692. The normalized spacial score (nSPS) is 10.8. The van der Waals surface area contributed by atoms with Gasteiger partial charge in [-0.15, -0.1) is 0 Å². The smallest absolute Gasteiger partial charge is 0.264 e. The van der Waals surface area contributed by atoms with Crippen molar-refractivity contribution in [2.24, 2.45) is 0 Å². The number of nitriles is 1. The Balaban J connectivity index is 3.23. The summed E-state index contributed by atoms with van der Waals surface area (Å²) in [6.45, 7) is 1.68. The first-order chi connectivity index (χ1) is 7.49. The van der Waals surface area contributed by atoms with E-state index in [1.807, 2.05) is 6.92 Å². The van der Waals surface area contributed by atoms with E-state index in [-0.39, 0.29) is 17.3 Å². The summed E-state index contributed by atoms with van der Waals surface area (Å²) in [5.41, 5.74) is 0.837. The molecule has 0 aliphatic heterocycles. The van der Waals surface area contributed by atoms with Gasteiger partial charge in [-0.1, -0.05) is 13.0 Å². The molecule has 0 aliphatic rings. The summed E-state index contributed by atoms with van der Waals surface area (Å²) >= 11 is 0. The van der Waals surface area contributed by atoms with Crippen LogP contribution in [0.15, 0.2) is 23.1 Å². The van der Waals surface area contributed by atoms with Crippen LogP contribution in [-0.4, -0.2) is 15.0 Å². The fraction of sp³-hybridized carbons (Fsp3) is 0.300. The minimum atomic E-state index is -3.86. The maximum Gasteiger partial charge on any atom is 0.264 e. The maximum atomic E-state index is 11.3. The average molecular weight is 260 g/mol. The quantitative estimate of drug-likeness (QED) is 0.777. The van der Waals surface area contributed by atoms with Crippen molar-refractivity contribution in [2.45, 2.75) is 18.2 Å². The van der Waals surface area contributed by atoms with Gasteiger partial charge < -0.3 is 4.74 Å². The molecule has 0 heterocycles. The molecule has 1 rings (SSSR count).